The predicted octanol–water partition coefficient (Wildman–Crippen LogP) is 1.79. The van der Waals surface area contributed by atoms with Crippen molar-refractivity contribution in [3.8, 4) is 0 Å². The Hall–Kier alpha value is -1.42. The Kier molecular flexibility index (Phi) is 3.19. The van der Waals surface area contributed by atoms with Crippen LogP contribution in [0.3, 0.4) is 0 Å². The summed E-state index contributed by atoms with van der Waals surface area (Å²) in [5.74, 6) is -1.00. The molecule has 0 fully saturated rings. The number of carboxylic acid groups (broad SMARTS) is 1. The average molecular weight is 234 g/mol. The summed E-state index contributed by atoms with van der Waals surface area (Å²) in [4.78, 5) is 14.9. The van der Waals surface area contributed by atoms with E-state index < -0.39 is 11.2 Å². The van der Waals surface area contributed by atoms with E-state index in [1.165, 1.54) is 11.8 Å². The maximum absolute atomic E-state index is 10.9. The molecule has 0 unspecified atom stereocenters. The number of carbonyl (C=O) groups is 1. The van der Waals surface area contributed by atoms with Crippen LogP contribution < -0.4 is 5.11 Å². The van der Waals surface area contributed by atoms with Crippen molar-refractivity contribution in [3.05, 3.63) is 30.5 Å². The van der Waals surface area contributed by atoms with Crippen LogP contribution in [0.2, 0.25) is 0 Å². The molecule has 1 N–H and O–H groups in total. The number of aromatic nitrogens is 1. The Morgan fingerprint density at radius 2 is 2.25 bits per heavy atom. The maximum Gasteiger partial charge on any atom is 0.0548 e. The number of carboxylic acids is 1. The number of aromatic amines is 1. The second-order valence-corrected chi connectivity index (χ2v) is 4.78. The number of hydrogen-bond acceptors (Lipinski definition) is 3. The number of hydrogen-bond donors (Lipinski definition) is 1. The summed E-state index contributed by atoms with van der Waals surface area (Å²) in [6.07, 6.45) is 2.41. The zero-order valence-corrected chi connectivity index (χ0v) is 9.71. The number of carbonyl (C=O) groups excluding carboxylic acids is 1. The van der Waals surface area contributed by atoms with Crippen molar-refractivity contribution in [2.24, 2.45) is 0 Å². The van der Waals surface area contributed by atoms with Crippen molar-refractivity contribution in [2.75, 3.05) is 0 Å². The molecule has 3 nitrogen and oxygen atoms in total. The number of fused-ring (bicyclic) bond motifs is 1. The minimum atomic E-state index is -1.00. The van der Waals surface area contributed by atoms with Gasteiger partial charge in [-0.3, -0.25) is 0 Å². The minimum Gasteiger partial charge on any atom is -0.549 e. The van der Waals surface area contributed by atoms with Gasteiger partial charge in [0.05, 0.1) is 5.97 Å². The lowest BCUT2D eigenvalue weighted by Crippen LogP contribution is -2.32. The van der Waals surface area contributed by atoms with Crippen molar-refractivity contribution in [3.63, 3.8) is 0 Å². The smallest absolute Gasteiger partial charge is 0.0548 e. The van der Waals surface area contributed by atoms with E-state index in [1.54, 1.807) is 0 Å². The van der Waals surface area contributed by atoms with Gasteiger partial charge in [-0.25, -0.2) is 0 Å². The molecule has 2 rings (SSSR count). The molecule has 0 saturated heterocycles. The number of aliphatic carboxylic acids is 1. The Labute approximate surface area is 97.9 Å². The number of benzene rings is 1. The van der Waals surface area contributed by atoms with Gasteiger partial charge < -0.3 is 14.9 Å². The van der Waals surface area contributed by atoms with E-state index in [9.17, 15) is 9.90 Å². The first-order chi connectivity index (χ1) is 7.72. The van der Waals surface area contributed by atoms with Gasteiger partial charge >= 0.3 is 0 Å². The van der Waals surface area contributed by atoms with E-state index in [0.717, 1.165) is 15.8 Å². The van der Waals surface area contributed by atoms with Gasteiger partial charge in [0.25, 0.3) is 0 Å². The van der Waals surface area contributed by atoms with Gasteiger partial charge in [-0.05, 0) is 12.5 Å². The lowest BCUT2D eigenvalue weighted by Gasteiger charge is -2.14. The molecule has 4 heteroatoms. The van der Waals surface area contributed by atoms with Gasteiger partial charge in [0.2, 0.25) is 0 Å². The molecule has 1 aromatic carbocycles. The lowest BCUT2D eigenvalue weighted by atomic mass is 10.2. The monoisotopic (exact) mass is 234 g/mol. The van der Waals surface area contributed by atoms with E-state index in [-0.39, 0.29) is 0 Å². The molecule has 1 heterocycles. The largest absolute Gasteiger partial charge is 0.549 e. The van der Waals surface area contributed by atoms with Crippen LogP contribution in [0.5, 0.6) is 0 Å². The van der Waals surface area contributed by atoms with Crippen LogP contribution in [0.1, 0.15) is 13.3 Å². The fraction of sp³-hybridized carbons (Fsp3) is 0.250. The van der Waals surface area contributed by atoms with Gasteiger partial charge in [-0.2, -0.15) is 0 Å². The molecular weight excluding hydrogens is 222 g/mol. The highest BCUT2D eigenvalue weighted by Crippen LogP contribution is 2.31. The van der Waals surface area contributed by atoms with Crippen LogP contribution in [0, 0.1) is 0 Å². The fourth-order valence-electron chi connectivity index (χ4n) is 1.59. The van der Waals surface area contributed by atoms with Crippen LogP contribution in [-0.2, 0) is 4.79 Å². The Morgan fingerprint density at radius 1 is 1.50 bits per heavy atom. The lowest BCUT2D eigenvalue weighted by molar-refractivity contribution is -0.304. The van der Waals surface area contributed by atoms with Gasteiger partial charge in [0.15, 0.2) is 0 Å². The van der Waals surface area contributed by atoms with E-state index in [2.05, 4.69) is 4.98 Å². The van der Waals surface area contributed by atoms with Crippen LogP contribution >= 0.6 is 11.8 Å². The SMILES string of the molecule is CC[C@H](Sc1c[nH]c2ccccc12)C(=O)[O-]. The summed E-state index contributed by atoms with van der Waals surface area (Å²) in [7, 11) is 0. The van der Waals surface area contributed by atoms with Crippen molar-refractivity contribution >= 4 is 28.6 Å². The molecule has 2 aromatic rings. The summed E-state index contributed by atoms with van der Waals surface area (Å²) >= 11 is 1.34. The predicted molar refractivity (Wildman–Crippen MR) is 63.2 cm³/mol. The van der Waals surface area contributed by atoms with Gasteiger partial charge in [-0.15, -0.1) is 11.8 Å². The molecule has 0 aliphatic rings. The van der Waals surface area contributed by atoms with Crippen LogP contribution in [0.15, 0.2) is 35.4 Å². The summed E-state index contributed by atoms with van der Waals surface area (Å²) < 4.78 is 0. The number of rotatable bonds is 4. The molecule has 1 atom stereocenters. The Bertz CT molecular complexity index is 506. The number of thioether (sulfide) groups is 1. The summed E-state index contributed by atoms with van der Waals surface area (Å²) in [6, 6.07) is 7.85. The number of nitrogens with one attached hydrogen (secondary N) is 1. The zero-order valence-electron chi connectivity index (χ0n) is 8.90. The number of H-pyrrole nitrogens is 1. The molecule has 0 saturated carbocycles. The second kappa shape index (κ2) is 4.61. The molecule has 0 spiro atoms. The van der Waals surface area contributed by atoms with Gasteiger partial charge in [-0.1, -0.05) is 25.1 Å². The average Bonchev–Trinajstić information content (AvgIpc) is 2.69. The molecule has 0 radical (unpaired) electrons. The van der Waals surface area contributed by atoms with Gasteiger partial charge in [0, 0.05) is 27.2 Å². The highest BCUT2D eigenvalue weighted by Gasteiger charge is 2.12. The molecule has 0 aliphatic heterocycles. The molecule has 1 aromatic heterocycles. The highest BCUT2D eigenvalue weighted by atomic mass is 32.2. The molecule has 0 bridgehead atoms. The van der Waals surface area contributed by atoms with E-state index >= 15 is 0 Å². The van der Waals surface area contributed by atoms with Crippen molar-refractivity contribution in [2.45, 2.75) is 23.5 Å². The quantitative estimate of drug-likeness (QED) is 0.820. The first kappa shape index (κ1) is 11.1. The summed E-state index contributed by atoms with van der Waals surface area (Å²) in [5, 5.41) is 11.4. The summed E-state index contributed by atoms with van der Waals surface area (Å²) in [5.41, 5.74) is 1.03. The third kappa shape index (κ3) is 2.07. The van der Waals surface area contributed by atoms with Crippen molar-refractivity contribution in [1.29, 1.82) is 0 Å². The highest BCUT2D eigenvalue weighted by molar-refractivity contribution is 8.00. The summed E-state index contributed by atoms with van der Waals surface area (Å²) in [6.45, 7) is 1.85. The van der Waals surface area contributed by atoms with E-state index in [4.69, 9.17) is 0 Å². The van der Waals surface area contributed by atoms with Crippen LogP contribution in [-0.4, -0.2) is 16.2 Å². The normalized spacial score (nSPS) is 12.8. The van der Waals surface area contributed by atoms with Gasteiger partial charge in [0.1, 0.15) is 0 Å². The van der Waals surface area contributed by atoms with Crippen LogP contribution in [0.4, 0.5) is 0 Å². The molecule has 0 aliphatic carbocycles. The van der Waals surface area contributed by atoms with E-state index in [0.29, 0.717) is 6.42 Å². The standard InChI is InChI=1S/C12H13NO2S/c1-2-10(12(14)15)16-11-7-13-9-6-4-3-5-8(9)11/h3-7,10,13H,2H2,1H3,(H,14,15)/p-1/t10-/m0/s1. The first-order valence-electron chi connectivity index (χ1n) is 5.16. The zero-order chi connectivity index (χ0) is 11.5. The molecular formula is C12H12NO2S-. The van der Waals surface area contributed by atoms with Crippen molar-refractivity contribution in [1.82, 2.24) is 4.98 Å². The molecule has 0 amide bonds. The molecule has 84 valence electrons. The van der Waals surface area contributed by atoms with Crippen LogP contribution in [0.25, 0.3) is 10.9 Å². The Morgan fingerprint density at radius 3 is 2.94 bits per heavy atom. The molecule has 16 heavy (non-hydrogen) atoms. The first-order valence-corrected chi connectivity index (χ1v) is 6.04. The van der Waals surface area contributed by atoms with Crippen molar-refractivity contribution < 1.29 is 9.90 Å². The maximum atomic E-state index is 10.9. The third-order valence-electron chi connectivity index (χ3n) is 2.45. The van der Waals surface area contributed by atoms with E-state index in [1.807, 2.05) is 37.4 Å². The topological polar surface area (TPSA) is 55.9 Å². The second-order valence-electron chi connectivity index (χ2n) is 3.53. The third-order valence-corrected chi connectivity index (χ3v) is 3.86. The Balaban J connectivity index is 2.30. The number of para-hydroxylation sites is 1. The fourth-order valence-corrected chi connectivity index (χ4v) is 2.60. The minimum absolute atomic E-state index is 0.487.